The second-order valence-corrected chi connectivity index (χ2v) is 5.00. The van der Waals surface area contributed by atoms with Gasteiger partial charge in [-0.3, -0.25) is 9.59 Å². The zero-order chi connectivity index (χ0) is 11.5. The minimum Gasteiger partial charge on any atom is -0.480 e. The maximum absolute atomic E-state index is 12.0. The topological polar surface area (TPSA) is 57.6 Å². The molecule has 0 aromatic rings. The van der Waals surface area contributed by atoms with Crippen LogP contribution in [0.15, 0.2) is 0 Å². The number of rotatable bonds is 5. The molecule has 0 unspecified atom stereocenters. The first-order valence-corrected chi connectivity index (χ1v) is 6.18. The fraction of sp³-hybridized carbons (Fsp3) is 0.833. The molecule has 2 aliphatic rings. The zero-order valence-corrected chi connectivity index (χ0v) is 9.52. The molecular weight excluding hydrogens is 206 g/mol. The molecule has 2 saturated carbocycles. The summed E-state index contributed by atoms with van der Waals surface area (Å²) in [7, 11) is 0. The van der Waals surface area contributed by atoms with E-state index in [1.54, 1.807) is 4.90 Å². The highest BCUT2D eigenvalue weighted by Gasteiger charge is 2.32. The lowest BCUT2D eigenvalue weighted by molar-refractivity contribution is -0.146. The Kier molecular flexibility index (Phi) is 3.46. The summed E-state index contributed by atoms with van der Waals surface area (Å²) < 4.78 is 0. The van der Waals surface area contributed by atoms with Crippen LogP contribution < -0.4 is 0 Å². The summed E-state index contributed by atoms with van der Waals surface area (Å²) in [4.78, 5) is 24.4. The third-order valence-electron chi connectivity index (χ3n) is 3.55. The van der Waals surface area contributed by atoms with Gasteiger partial charge in [0.25, 0.3) is 0 Å². The molecule has 2 aliphatic carbocycles. The summed E-state index contributed by atoms with van der Waals surface area (Å²) in [5.74, 6) is -0.307. The summed E-state index contributed by atoms with van der Waals surface area (Å²) in [5.41, 5.74) is 0. The first-order valence-electron chi connectivity index (χ1n) is 6.18. The van der Waals surface area contributed by atoms with E-state index in [9.17, 15) is 9.59 Å². The van der Waals surface area contributed by atoms with Crippen molar-refractivity contribution >= 4 is 11.9 Å². The minimum atomic E-state index is -0.893. The second-order valence-electron chi connectivity index (χ2n) is 5.00. The number of carbonyl (C=O) groups is 2. The van der Waals surface area contributed by atoms with E-state index in [2.05, 4.69) is 0 Å². The van der Waals surface area contributed by atoms with Crippen molar-refractivity contribution < 1.29 is 14.7 Å². The summed E-state index contributed by atoms with van der Waals surface area (Å²) >= 11 is 0. The average molecular weight is 225 g/mol. The number of aliphatic carboxylic acids is 1. The maximum Gasteiger partial charge on any atom is 0.323 e. The molecule has 0 bridgehead atoms. The third-order valence-corrected chi connectivity index (χ3v) is 3.55. The van der Waals surface area contributed by atoms with Crippen molar-refractivity contribution in [3.63, 3.8) is 0 Å². The van der Waals surface area contributed by atoms with Crippen molar-refractivity contribution in [2.75, 3.05) is 6.54 Å². The Labute approximate surface area is 95.6 Å². The van der Waals surface area contributed by atoms with Crippen LogP contribution in [0, 0.1) is 5.92 Å². The highest BCUT2D eigenvalue weighted by Crippen LogP contribution is 2.34. The van der Waals surface area contributed by atoms with E-state index in [1.165, 1.54) is 0 Å². The third kappa shape index (κ3) is 2.97. The molecule has 4 heteroatoms. The van der Waals surface area contributed by atoms with Crippen LogP contribution in [0.1, 0.15) is 44.9 Å². The number of carboxylic acids is 1. The molecule has 1 amide bonds. The van der Waals surface area contributed by atoms with Crippen molar-refractivity contribution in [1.29, 1.82) is 0 Å². The predicted octanol–water partition coefficient (Wildman–Crippen LogP) is 1.64. The second kappa shape index (κ2) is 4.85. The van der Waals surface area contributed by atoms with E-state index in [1.807, 2.05) is 0 Å². The normalized spacial score (nSPS) is 21.0. The number of hydrogen-bond acceptors (Lipinski definition) is 2. The van der Waals surface area contributed by atoms with Gasteiger partial charge in [-0.15, -0.1) is 0 Å². The molecule has 16 heavy (non-hydrogen) atoms. The summed E-state index contributed by atoms with van der Waals surface area (Å²) in [6.07, 6.45) is 7.03. The molecule has 2 rings (SSSR count). The van der Waals surface area contributed by atoms with E-state index >= 15 is 0 Å². The van der Waals surface area contributed by atoms with Crippen LogP contribution in [0.5, 0.6) is 0 Å². The van der Waals surface area contributed by atoms with Crippen molar-refractivity contribution in [3.8, 4) is 0 Å². The first-order chi connectivity index (χ1) is 7.66. The zero-order valence-electron chi connectivity index (χ0n) is 9.52. The van der Waals surface area contributed by atoms with Crippen molar-refractivity contribution in [2.24, 2.45) is 5.92 Å². The summed E-state index contributed by atoms with van der Waals surface area (Å²) in [6.45, 7) is -0.115. The number of hydrogen-bond donors (Lipinski definition) is 1. The Morgan fingerprint density at radius 1 is 1.12 bits per heavy atom. The van der Waals surface area contributed by atoms with Gasteiger partial charge in [0.2, 0.25) is 5.91 Å². The highest BCUT2D eigenvalue weighted by molar-refractivity contribution is 5.82. The van der Waals surface area contributed by atoms with Crippen molar-refractivity contribution in [1.82, 2.24) is 4.90 Å². The monoisotopic (exact) mass is 225 g/mol. The molecule has 2 fully saturated rings. The highest BCUT2D eigenvalue weighted by atomic mass is 16.4. The summed E-state index contributed by atoms with van der Waals surface area (Å²) in [6, 6.07) is 0.183. The lowest BCUT2D eigenvalue weighted by Gasteiger charge is -2.27. The van der Waals surface area contributed by atoms with Gasteiger partial charge in [0.1, 0.15) is 6.54 Å². The quantitative estimate of drug-likeness (QED) is 0.773. The van der Waals surface area contributed by atoms with Gasteiger partial charge < -0.3 is 10.0 Å². The van der Waals surface area contributed by atoms with Crippen LogP contribution >= 0.6 is 0 Å². The van der Waals surface area contributed by atoms with E-state index in [0.29, 0.717) is 12.3 Å². The molecule has 90 valence electrons. The van der Waals surface area contributed by atoms with Crippen LogP contribution in [0.3, 0.4) is 0 Å². The standard InChI is InChI=1S/C12H19NO3/c14-11(7-9-5-6-9)13(8-12(15)16)10-3-1-2-4-10/h9-10H,1-8H2,(H,15,16). The number of carbonyl (C=O) groups excluding carboxylic acids is 1. The van der Waals surface area contributed by atoms with Crippen LogP contribution in [0.2, 0.25) is 0 Å². The van der Waals surface area contributed by atoms with Gasteiger partial charge in [-0.05, 0) is 31.6 Å². The van der Waals surface area contributed by atoms with Gasteiger partial charge in [-0.1, -0.05) is 12.8 Å². The fourth-order valence-corrected chi connectivity index (χ4v) is 2.47. The van der Waals surface area contributed by atoms with Crippen LogP contribution in [0.4, 0.5) is 0 Å². The minimum absolute atomic E-state index is 0.0526. The van der Waals surface area contributed by atoms with Crippen LogP contribution in [-0.2, 0) is 9.59 Å². The van der Waals surface area contributed by atoms with Gasteiger partial charge in [0.15, 0.2) is 0 Å². The van der Waals surface area contributed by atoms with Gasteiger partial charge in [0.05, 0.1) is 0 Å². The lowest BCUT2D eigenvalue weighted by Crippen LogP contribution is -2.42. The van der Waals surface area contributed by atoms with E-state index in [4.69, 9.17) is 5.11 Å². The molecular formula is C12H19NO3. The lowest BCUT2D eigenvalue weighted by atomic mass is 10.1. The number of carboxylic acid groups (broad SMARTS) is 1. The molecule has 0 spiro atoms. The van der Waals surface area contributed by atoms with Gasteiger partial charge in [-0.25, -0.2) is 0 Å². The average Bonchev–Trinajstić information content (AvgIpc) is 2.87. The fourth-order valence-electron chi connectivity index (χ4n) is 2.47. The maximum atomic E-state index is 12.0. The molecule has 0 heterocycles. The molecule has 0 radical (unpaired) electrons. The number of nitrogens with zero attached hydrogens (tertiary/aromatic N) is 1. The van der Waals surface area contributed by atoms with E-state index < -0.39 is 5.97 Å². The Morgan fingerprint density at radius 2 is 1.75 bits per heavy atom. The Balaban J connectivity index is 1.93. The van der Waals surface area contributed by atoms with Gasteiger partial charge in [0, 0.05) is 12.5 Å². The first kappa shape index (κ1) is 11.4. The Hall–Kier alpha value is -1.06. The molecule has 4 nitrogen and oxygen atoms in total. The smallest absolute Gasteiger partial charge is 0.323 e. The molecule has 0 aromatic carbocycles. The van der Waals surface area contributed by atoms with E-state index in [-0.39, 0.29) is 18.5 Å². The van der Waals surface area contributed by atoms with E-state index in [0.717, 1.165) is 38.5 Å². The molecule has 0 aliphatic heterocycles. The Morgan fingerprint density at radius 3 is 2.25 bits per heavy atom. The summed E-state index contributed by atoms with van der Waals surface area (Å²) in [5, 5.41) is 8.85. The molecule has 0 saturated heterocycles. The SMILES string of the molecule is O=C(O)CN(C(=O)CC1CC1)C1CCCC1. The van der Waals surface area contributed by atoms with Crippen LogP contribution in [-0.4, -0.2) is 34.5 Å². The van der Waals surface area contributed by atoms with Crippen LogP contribution in [0.25, 0.3) is 0 Å². The Bertz CT molecular complexity index is 280. The molecule has 0 atom stereocenters. The largest absolute Gasteiger partial charge is 0.480 e. The van der Waals surface area contributed by atoms with Crippen molar-refractivity contribution in [2.45, 2.75) is 51.0 Å². The molecule has 0 aromatic heterocycles. The van der Waals surface area contributed by atoms with Gasteiger partial charge in [-0.2, -0.15) is 0 Å². The number of amides is 1. The molecule has 1 N–H and O–H groups in total. The van der Waals surface area contributed by atoms with Gasteiger partial charge >= 0.3 is 5.97 Å². The predicted molar refractivity (Wildman–Crippen MR) is 58.9 cm³/mol. The van der Waals surface area contributed by atoms with Crippen molar-refractivity contribution in [3.05, 3.63) is 0 Å².